The Labute approximate surface area is 128 Å². The van der Waals surface area contributed by atoms with Crippen LogP contribution in [-0.2, 0) is 5.41 Å². The van der Waals surface area contributed by atoms with E-state index in [2.05, 4.69) is 72.7 Å². The molecule has 1 N–H and O–H groups in total. The van der Waals surface area contributed by atoms with Crippen LogP contribution >= 0.6 is 0 Å². The minimum Gasteiger partial charge on any atom is -0.254 e. The maximum absolute atomic E-state index is 3.98. The van der Waals surface area contributed by atoms with Crippen molar-refractivity contribution in [2.45, 2.75) is 11.8 Å². The van der Waals surface area contributed by atoms with Crippen molar-refractivity contribution in [3.63, 3.8) is 0 Å². The Kier molecular flexibility index (Phi) is 5.32. The number of nitrogens with one attached hydrogen (secondary N) is 1. The molecule has 2 nitrogen and oxygen atoms in total. The van der Waals surface area contributed by atoms with Crippen molar-refractivity contribution in [2.24, 2.45) is 0 Å². The zero-order valence-corrected chi connectivity index (χ0v) is 12.9. The van der Waals surface area contributed by atoms with Gasteiger partial charge < -0.3 is 0 Å². The van der Waals surface area contributed by atoms with Crippen molar-refractivity contribution in [1.29, 1.82) is 0 Å². The summed E-state index contributed by atoms with van der Waals surface area (Å²) in [4.78, 5) is 0. The standard InChI is InChI=1S/C19H24N2/c1-4-15-19(16-20-21(2)3,17-11-7-5-8-12-17)18-13-9-6-10-14-18/h4-14,20H,1,15-16H2,2-3H3. The van der Waals surface area contributed by atoms with Gasteiger partial charge in [-0.25, -0.2) is 0 Å². The highest BCUT2D eigenvalue weighted by Gasteiger charge is 2.32. The van der Waals surface area contributed by atoms with Gasteiger partial charge in [-0.05, 0) is 17.5 Å². The van der Waals surface area contributed by atoms with Crippen molar-refractivity contribution in [3.8, 4) is 0 Å². The normalized spacial score (nSPS) is 11.6. The fourth-order valence-corrected chi connectivity index (χ4v) is 2.73. The summed E-state index contributed by atoms with van der Waals surface area (Å²) in [5.74, 6) is 0. The number of hydrazine groups is 1. The molecule has 0 aromatic heterocycles. The van der Waals surface area contributed by atoms with Crippen LogP contribution in [0, 0.1) is 0 Å². The number of hydrogen-bond donors (Lipinski definition) is 1. The highest BCUT2D eigenvalue weighted by Crippen LogP contribution is 2.35. The topological polar surface area (TPSA) is 15.3 Å². The first-order valence-electron chi connectivity index (χ1n) is 7.32. The van der Waals surface area contributed by atoms with E-state index in [1.165, 1.54) is 11.1 Å². The van der Waals surface area contributed by atoms with Crippen LogP contribution < -0.4 is 5.43 Å². The Morgan fingerprint density at radius 1 is 0.952 bits per heavy atom. The predicted octanol–water partition coefficient (Wildman–Crippen LogP) is 3.62. The summed E-state index contributed by atoms with van der Waals surface area (Å²) in [5.41, 5.74) is 5.97. The van der Waals surface area contributed by atoms with Crippen LogP contribution in [0.3, 0.4) is 0 Å². The minimum absolute atomic E-state index is 0.103. The predicted molar refractivity (Wildman–Crippen MR) is 90.2 cm³/mol. The van der Waals surface area contributed by atoms with Crippen LogP contribution in [0.2, 0.25) is 0 Å². The Morgan fingerprint density at radius 3 is 1.81 bits per heavy atom. The molecular weight excluding hydrogens is 256 g/mol. The maximum atomic E-state index is 3.98. The van der Waals surface area contributed by atoms with Gasteiger partial charge in [0, 0.05) is 26.1 Å². The monoisotopic (exact) mass is 280 g/mol. The molecule has 0 radical (unpaired) electrons. The van der Waals surface area contributed by atoms with Gasteiger partial charge in [0.1, 0.15) is 0 Å². The van der Waals surface area contributed by atoms with Crippen LogP contribution in [0.15, 0.2) is 73.3 Å². The number of benzene rings is 2. The fourth-order valence-electron chi connectivity index (χ4n) is 2.73. The van der Waals surface area contributed by atoms with E-state index in [1.54, 1.807) is 0 Å². The van der Waals surface area contributed by atoms with Crippen LogP contribution in [0.5, 0.6) is 0 Å². The highest BCUT2D eigenvalue weighted by molar-refractivity contribution is 5.40. The molecule has 21 heavy (non-hydrogen) atoms. The van der Waals surface area contributed by atoms with Gasteiger partial charge in [-0.1, -0.05) is 66.7 Å². The first kappa shape index (κ1) is 15.5. The first-order chi connectivity index (χ1) is 10.2. The van der Waals surface area contributed by atoms with E-state index in [0.29, 0.717) is 0 Å². The second kappa shape index (κ2) is 7.21. The molecule has 0 aliphatic carbocycles. The highest BCUT2D eigenvalue weighted by atomic mass is 15.5. The molecule has 0 unspecified atom stereocenters. The van der Waals surface area contributed by atoms with Gasteiger partial charge in [-0.3, -0.25) is 10.4 Å². The van der Waals surface area contributed by atoms with Gasteiger partial charge >= 0.3 is 0 Å². The molecule has 2 heteroatoms. The van der Waals surface area contributed by atoms with Gasteiger partial charge in [0.05, 0.1) is 0 Å². The molecule has 2 aromatic carbocycles. The number of hydrogen-bond acceptors (Lipinski definition) is 2. The molecule has 0 atom stereocenters. The molecule has 0 saturated heterocycles. The van der Waals surface area contributed by atoms with E-state index in [0.717, 1.165) is 13.0 Å². The summed E-state index contributed by atoms with van der Waals surface area (Å²) >= 11 is 0. The van der Waals surface area contributed by atoms with Crippen LogP contribution in [0.25, 0.3) is 0 Å². The van der Waals surface area contributed by atoms with Crippen LogP contribution in [-0.4, -0.2) is 25.6 Å². The van der Waals surface area contributed by atoms with Crippen LogP contribution in [0.1, 0.15) is 17.5 Å². The lowest BCUT2D eigenvalue weighted by Gasteiger charge is -2.35. The van der Waals surface area contributed by atoms with Crippen molar-refractivity contribution >= 4 is 0 Å². The van der Waals surface area contributed by atoms with Crippen molar-refractivity contribution < 1.29 is 0 Å². The van der Waals surface area contributed by atoms with Crippen molar-refractivity contribution in [1.82, 2.24) is 10.4 Å². The maximum Gasteiger partial charge on any atom is 0.0375 e. The van der Waals surface area contributed by atoms with E-state index in [-0.39, 0.29) is 5.41 Å². The SMILES string of the molecule is C=CCC(CNN(C)C)(c1ccccc1)c1ccccc1. The Morgan fingerprint density at radius 2 is 1.43 bits per heavy atom. The lowest BCUT2D eigenvalue weighted by atomic mass is 9.72. The smallest absolute Gasteiger partial charge is 0.0375 e. The van der Waals surface area contributed by atoms with E-state index in [1.807, 2.05) is 25.2 Å². The first-order valence-corrected chi connectivity index (χ1v) is 7.32. The van der Waals surface area contributed by atoms with Gasteiger partial charge in [-0.15, -0.1) is 6.58 Å². The molecule has 0 saturated carbocycles. The molecule has 110 valence electrons. The van der Waals surface area contributed by atoms with E-state index >= 15 is 0 Å². The second-order valence-corrected chi connectivity index (χ2v) is 5.54. The molecule has 0 aliphatic heterocycles. The lowest BCUT2D eigenvalue weighted by molar-refractivity contribution is 0.258. The number of allylic oxidation sites excluding steroid dienone is 1. The molecule has 0 heterocycles. The van der Waals surface area contributed by atoms with Crippen molar-refractivity contribution in [2.75, 3.05) is 20.6 Å². The summed E-state index contributed by atoms with van der Waals surface area (Å²) < 4.78 is 0. The van der Waals surface area contributed by atoms with Gasteiger partial charge in [-0.2, -0.15) is 0 Å². The quantitative estimate of drug-likeness (QED) is 0.615. The van der Waals surface area contributed by atoms with Gasteiger partial charge in [0.2, 0.25) is 0 Å². The van der Waals surface area contributed by atoms with Gasteiger partial charge in [0.15, 0.2) is 0 Å². The molecule has 2 rings (SSSR count). The molecule has 0 amide bonds. The largest absolute Gasteiger partial charge is 0.254 e. The molecule has 0 spiro atoms. The average molecular weight is 280 g/mol. The lowest BCUT2D eigenvalue weighted by Crippen LogP contribution is -2.44. The van der Waals surface area contributed by atoms with Crippen LogP contribution in [0.4, 0.5) is 0 Å². The van der Waals surface area contributed by atoms with Crippen molar-refractivity contribution in [3.05, 3.63) is 84.4 Å². The average Bonchev–Trinajstić information content (AvgIpc) is 2.53. The third kappa shape index (κ3) is 3.60. The summed E-state index contributed by atoms with van der Waals surface area (Å²) in [6, 6.07) is 21.3. The molecular formula is C19H24N2. The zero-order chi connectivity index (χ0) is 15.1. The third-order valence-electron chi connectivity index (χ3n) is 3.84. The Balaban J connectivity index is 2.51. The van der Waals surface area contributed by atoms with Gasteiger partial charge in [0.25, 0.3) is 0 Å². The molecule has 0 fully saturated rings. The zero-order valence-electron chi connectivity index (χ0n) is 12.9. The summed E-state index contributed by atoms with van der Waals surface area (Å²) in [7, 11) is 4.04. The minimum atomic E-state index is -0.103. The number of nitrogens with zero attached hydrogens (tertiary/aromatic N) is 1. The van der Waals surface area contributed by atoms with E-state index in [9.17, 15) is 0 Å². The summed E-state index contributed by atoms with van der Waals surface area (Å²) in [5, 5.41) is 2.00. The molecule has 2 aromatic rings. The number of rotatable bonds is 7. The van der Waals surface area contributed by atoms with E-state index < -0.39 is 0 Å². The third-order valence-corrected chi connectivity index (χ3v) is 3.84. The van der Waals surface area contributed by atoms with E-state index in [4.69, 9.17) is 0 Å². The molecule has 0 bridgehead atoms. The Hall–Kier alpha value is -1.90. The Bertz CT molecular complexity index is 507. The molecule has 0 aliphatic rings. The second-order valence-electron chi connectivity index (χ2n) is 5.54. The summed E-state index contributed by atoms with van der Waals surface area (Å²) in [6.45, 7) is 4.82. The fraction of sp³-hybridized carbons (Fsp3) is 0.263. The summed E-state index contributed by atoms with van der Waals surface area (Å²) in [6.07, 6.45) is 2.90.